The molecule has 1 aromatic carbocycles. The number of alkyl halides is 1. The summed E-state index contributed by atoms with van der Waals surface area (Å²) >= 11 is 6.96. The lowest BCUT2D eigenvalue weighted by molar-refractivity contribution is 0.0786. The molecule has 1 fully saturated rings. The number of amides is 1. The van der Waals surface area contributed by atoms with Crippen LogP contribution < -0.4 is 0 Å². The molecule has 4 heteroatoms. The van der Waals surface area contributed by atoms with E-state index >= 15 is 0 Å². The molecular weight excluding hydrogens is 358 g/mol. The third-order valence-corrected chi connectivity index (χ3v) is 4.56. The van der Waals surface area contributed by atoms with E-state index in [1.165, 1.54) is 0 Å². The molecule has 1 aliphatic heterocycles. The fraction of sp³-hybridized carbons (Fsp3) is 0.500. The van der Waals surface area contributed by atoms with E-state index in [9.17, 15) is 4.79 Å². The molecule has 1 heterocycles. The molecule has 0 saturated carbocycles. The quantitative estimate of drug-likeness (QED) is 0.732. The Morgan fingerprint density at radius 1 is 1.50 bits per heavy atom. The zero-order valence-electron chi connectivity index (χ0n) is 10.5. The van der Waals surface area contributed by atoms with Crippen molar-refractivity contribution in [2.75, 3.05) is 18.4 Å². The van der Waals surface area contributed by atoms with Crippen LogP contribution in [0, 0.1) is 12.8 Å². The van der Waals surface area contributed by atoms with Gasteiger partial charge in [0.05, 0.1) is 5.56 Å². The van der Waals surface area contributed by atoms with E-state index in [1.807, 2.05) is 30.0 Å². The average Bonchev–Trinajstić information content (AvgIpc) is 2.77. The van der Waals surface area contributed by atoms with Crippen molar-refractivity contribution in [3.8, 4) is 0 Å². The van der Waals surface area contributed by atoms with Gasteiger partial charge in [0, 0.05) is 22.9 Å². The van der Waals surface area contributed by atoms with Gasteiger partial charge in [-0.1, -0.05) is 22.0 Å². The lowest BCUT2D eigenvalue weighted by Gasteiger charge is -2.17. The van der Waals surface area contributed by atoms with Crippen molar-refractivity contribution in [3.63, 3.8) is 0 Å². The highest BCUT2D eigenvalue weighted by Gasteiger charge is 2.27. The van der Waals surface area contributed by atoms with E-state index in [0.29, 0.717) is 5.92 Å². The van der Waals surface area contributed by atoms with Gasteiger partial charge >= 0.3 is 0 Å². The summed E-state index contributed by atoms with van der Waals surface area (Å²) in [5.41, 5.74) is 1.94. The summed E-state index contributed by atoms with van der Waals surface area (Å²) in [6, 6.07) is 5.91. The largest absolute Gasteiger partial charge is 0.338 e. The van der Waals surface area contributed by atoms with Crippen molar-refractivity contribution in [2.45, 2.75) is 19.8 Å². The molecule has 18 heavy (non-hydrogen) atoms. The van der Waals surface area contributed by atoms with Crippen molar-refractivity contribution in [1.29, 1.82) is 0 Å². The molecule has 1 aromatic rings. The molecule has 0 aromatic heterocycles. The molecule has 0 spiro atoms. The van der Waals surface area contributed by atoms with Crippen molar-refractivity contribution in [3.05, 3.63) is 33.8 Å². The van der Waals surface area contributed by atoms with Gasteiger partial charge in [-0.2, -0.15) is 0 Å². The molecule has 2 nitrogen and oxygen atoms in total. The molecule has 2 rings (SSSR count). The number of benzene rings is 1. The summed E-state index contributed by atoms with van der Waals surface area (Å²) in [5.74, 6) is 0.802. The Morgan fingerprint density at radius 2 is 2.28 bits per heavy atom. The molecule has 0 radical (unpaired) electrons. The van der Waals surface area contributed by atoms with Gasteiger partial charge in [0.25, 0.3) is 5.91 Å². The third kappa shape index (κ3) is 3.15. The van der Waals surface area contributed by atoms with Gasteiger partial charge in [-0.3, -0.25) is 4.79 Å². The summed E-state index contributed by atoms with van der Waals surface area (Å²) in [6.45, 7) is 3.81. The number of carbonyl (C=O) groups excluding carboxylic acids is 1. The molecule has 0 bridgehead atoms. The molecule has 1 amide bonds. The highest BCUT2D eigenvalue weighted by atomic mass is 79.9. The van der Waals surface area contributed by atoms with Crippen molar-refractivity contribution >= 4 is 37.8 Å². The van der Waals surface area contributed by atoms with Gasteiger partial charge in [-0.15, -0.1) is 0 Å². The minimum Gasteiger partial charge on any atom is -0.338 e. The van der Waals surface area contributed by atoms with Gasteiger partial charge in [0.1, 0.15) is 0 Å². The van der Waals surface area contributed by atoms with E-state index in [0.717, 1.165) is 46.9 Å². The van der Waals surface area contributed by atoms with Crippen LogP contribution in [0.4, 0.5) is 0 Å². The number of hydrogen-bond donors (Lipinski definition) is 0. The van der Waals surface area contributed by atoms with Crippen LogP contribution in [0.3, 0.4) is 0 Å². The maximum atomic E-state index is 12.4. The normalized spacial score (nSPS) is 19.3. The number of carbonyl (C=O) groups is 1. The molecule has 98 valence electrons. The highest BCUT2D eigenvalue weighted by Crippen LogP contribution is 2.25. The number of rotatable bonds is 3. The van der Waals surface area contributed by atoms with Gasteiger partial charge in [0.15, 0.2) is 0 Å². The van der Waals surface area contributed by atoms with E-state index in [-0.39, 0.29) is 5.91 Å². The SMILES string of the molecule is Cc1ccc(C(=O)N2CCC(CCBr)C2)c(Br)c1. The van der Waals surface area contributed by atoms with E-state index in [2.05, 4.69) is 31.9 Å². The topological polar surface area (TPSA) is 20.3 Å². The van der Waals surface area contributed by atoms with E-state index in [1.54, 1.807) is 0 Å². The lowest BCUT2D eigenvalue weighted by Crippen LogP contribution is -2.29. The number of hydrogen-bond acceptors (Lipinski definition) is 1. The minimum absolute atomic E-state index is 0.152. The molecule has 0 N–H and O–H groups in total. The molecule has 1 unspecified atom stereocenters. The fourth-order valence-corrected chi connectivity index (χ4v) is 3.68. The predicted molar refractivity (Wildman–Crippen MR) is 81.3 cm³/mol. The second-order valence-corrected chi connectivity index (χ2v) is 6.51. The Balaban J connectivity index is 2.08. The zero-order chi connectivity index (χ0) is 13.1. The average molecular weight is 375 g/mol. The Kier molecular flexibility index (Phi) is 4.84. The summed E-state index contributed by atoms with van der Waals surface area (Å²) in [7, 11) is 0. The maximum Gasteiger partial charge on any atom is 0.255 e. The standard InChI is InChI=1S/C14H17Br2NO/c1-10-2-3-12(13(16)8-10)14(18)17-7-5-11(9-17)4-6-15/h2-3,8,11H,4-7,9H2,1H3. The van der Waals surface area contributed by atoms with Crippen LogP contribution in [-0.2, 0) is 0 Å². The number of likely N-dealkylation sites (tertiary alicyclic amines) is 1. The second-order valence-electron chi connectivity index (χ2n) is 4.87. The molecular formula is C14H17Br2NO. The Morgan fingerprint density at radius 3 is 2.94 bits per heavy atom. The summed E-state index contributed by atoms with van der Waals surface area (Å²) in [4.78, 5) is 14.4. The van der Waals surface area contributed by atoms with Gasteiger partial charge in [-0.05, 0) is 59.3 Å². The van der Waals surface area contributed by atoms with Gasteiger partial charge in [0.2, 0.25) is 0 Å². The number of halogens is 2. The van der Waals surface area contributed by atoms with Crippen molar-refractivity contribution in [1.82, 2.24) is 4.90 Å². The van der Waals surface area contributed by atoms with Crippen molar-refractivity contribution in [2.24, 2.45) is 5.92 Å². The summed E-state index contributed by atoms with van der Waals surface area (Å²) < 4.78 is 0.899. The summed E-state index contributed by atoms with van der Waals surface area (Å²) in [5, 5.41) is 1.02. The van der Waals surface area contributed by atoms with Crippen LogP contribution in [-0.4, -0.2) is 29.2 Å². The first-order valence-electron chi connectivity index (χ1n) is 6.23. The Hall–Kier alpha value is -0.350. The van der Waals surface area contributed by atoms with Crippen LogP contribution >= 0.6 is 31.9 Å². The smallest absolute Gasteiger partial charge is 0.255 e. The Labute approximate surface area is 125 Å². The molecule has 1 saturated heterocycles. The van der Waals surface area contributed by atoms with Crippen LogP contribution in [0.1, 0.15) is 28.8 Å². The predicted octanol–water partition coefficient (Wildman–Crippen LogP) is 4.00. The van der Waals surface area contributed by atoms with Gasteiger partial charge in [-0.25, -0.2) is 0 Å². The number of nitrogens with zero attached hydrogens (tertiary/aromatic N) is 1. The number of aryl methyl sites for hydroxylation is 1. The highest BCUT2D eigenvalue weighted by molar-refractivity contribution is 9.10. The first-order chi connectivity index (χ1) is 8.61. The first-order valence-corrected chi connectivity index (χ1v) is 8.14. The minimum atomic E-state index is 0.152. The zero-order valence-corrected chi connectivity index (χ0v) is 13.6. The lowest BCUT2D eigenvalue weighted by atomic mass is 10.1. The first kappa shape index (κ1) is 14.1. The summed E-state index contributed by atoms with van der Waals surface area (Å²) in [6.07, 6.45) is 2.28. The molecule has 1 atom stereocenters. The molecule has 0 aliphatic carbocycles. The van der Waals surface area contributed by atoms with E-state index in [4.69, 9.17) is 0 Å². The maximum absolute atomic E-state index is 12.4. The van der Waals surface area contributed by atoms with Crippen molar-refractivity contribution < 1.29 is 4.79 Å². The van der Waals surface area contributed by atoms with Crippen LogP contribution in [0.5, 0.6) is 0 Å². The third-order valence-electron chi connectivity index (χ3n) is 3.45. The van der Waals surface area contributed by atoms with Crippen LogP contribution in [0.15, 0.2) is 22.7 Å². The molecule has 1 aliphatic rings. The van der Waals surface area contributed by atoms with E-state index < -0.39 is 0 Å². The van der Waals surface area contributed by atoms with Crippen LogP contribution in [0.25, 0.3) is 0 Å². The Bertz CT molecular complexity index is 447. The van der Waals surface area contributed by atoms with Crippen LogP contribution in [0.2, 0.25) is 0 Å². The fourth-order valence-electron chi connectivity index (χ4n) is 2.37. The monoisotopic (exact) mass is 373 g/mol. The second kappa shape index (κ2) is 6.20. The van der Waals surface area contributed by atoms with Gasteiger partial charge < -0.3 is 4.90 Å².